The van der Waals surface area contributed by atoms with Crippen molar-refractivity contribution in [2.45, 2.75) is 46.3 Å². The zero-order chi connectivity index (χ0) is 27.3. The lowest BCUT2D eigenvalue weighted by Gasteiger charge is -2.17. The topological polar surface area (TPSA) is 120 Å². The van der Waals surface area contributed by atoms with Crippen LogP contribution in [0.25, 0.3) is 22.2 Å². The van der Waals surface area contributed by atoms with Crippen molar-refractivity contribution < 1.29 is 27.1 Å². The number of hydrogen-bond donors (Lipinski definition) is 1. The van der Waals surface area contributed by atoms with Crippen LogP contribution in [-0.4, -0.2) is 37.7 Å². The molecule has 200 valence electrons. The molecule has 0 spiro atoms. The van der Waals surface area contributed by atoms with Crippen molar-refractivity contribution in [1.29, 1.82) is 0 Å². The van der Waals surface area contributed by atoms with E-state index in [2.05, 4.69) is 14.1 Å². The Kier molecular flexibility index (Phi) is 8.29. The standard InChI is InChI=1S/C27H29N3O6S2/c1-5-34-25(31)14-19-8-6-7-9-23(19)36-16-18-12-20-10-11-35-26(20)21(13-18)22-17-37-24(29-22)15-28-38(32,33)30-27(2,3)4/h6-13,15,17,30H,5,14,16H2,1-4H3. The lowest BCUT2D eigenvalue weighted by atomic mass is 10.1. The highest BCUT2D eigenvalue weighted by molar-refractivity contribution is 7.88. The lowest BCUT2D eigenvalue weighted by Crippen LogP contribution is -2.39. The van der Waals surface area contributed by atoms with Crippen LogP contribution < -0.4 is 9.46 Å². The van der Waals surface area contributed by atoms with Gasteiger partial charge in [-0.25, -0.2) is 4.98 Å². The number of rotatable bonds is 10. The molecular weight excluding hydrogens is 526 g/mol. The van der Waals surface area contributed by atoms with Gasteiger partial charge in [0.1, 0.15) is 22.9 Å². The summed E-state index contributed by atoms with van der Waals surface area (Å²) in [6.45, 7) is 7.57. The summed E-state index contributed by atoms with van der Waals surface area (Å²) < 4.78 is 47.5. The maximum Gasteiger partial charge on any atom is 0.320 e. The Balaban J connectivity index is 1.56. The molecule has 0 amide bonds. The van der Waals surface area contributed by atoms with Gasteiger partial charge in [-0.05, 0) is 57.5 Å². The minimum absolute atomic E-state index is 0.125. The number of para-hydroxylation sites is 1. The van der Waals surface area contributed by atoms with E-state index in [1.807, 2.05) is 47.8 Å². The number of fused-ring (bicyclic) bond motifs is 1. The number of carbonyl (C=O) groups excluding carboxylic acids is 1. The molecule has 2 aromatic carbocycles. The molecular formula is C27H29N3O6S2. The van der Waals surface area contributed by atoms with E-state index in [9.17, 15) is 13.2 Å². The largest absolute Gasteiger partial charge is 0.489 e. The van der Waals surface area contributed by atoms with Crippen LogP contribution >= 0.6 is 11.3 Å². The molecule has 0 bridgehead atoms. The second kappa shape index (κ2) is 11.5. The van der Waals surface area contributed by atoms with E-state index in [-0.39, 0.29) is 19.0 Å². The normalized spacial score (nSPS) is 12.3. The second-order valence-electron chi connectivity index (χ2n) is 9.49. The van der Waals surface area contributed by atoms with Crippen LogP contribution in [-0.2, 0) is 32.8 Å². The molecule has 0 atom stereocenters. The highest BCUT2D eigenvalue weighted by Crippen LogP contribution is 2.32. The Morgan fingerprint density at radius 3 is 2.76 bits per heavy atom. The molecule has 0 saturated heterocycles. The molecule has 2 aromatic heterocycles. The van der Waals surface area contributed by atoms with Gasteiger partial charge >= 0.3 is 16.2 Å². The summed E-state index contributed by atoms with van der Waals surface area (Å²) in [5.41, 5.74) is 3.01. The lowest BCUT2D eigenvalue weighted by molar-refractivity contribution is -0.142. The fourth-order valence-electron chi connectivity index (χ4n) is 3.74. The van der Waals surface area contributed by atoms with Gasteiger partial charge in [-0.1, -0.05) is 18.2 Å². The van der Waals surface area contributed by atoms with Crippen LogP contribution in [0.15, 0.2) is 62.9 Å². The molecule has 0 radical (unpaired) electrons. The van der Waals surface area contributed by atoms with Crippen LogP contribution in [0.4, 0.5) is 0 Å². The van der Waals surface area contributed by atoms with Crippen LogP contribution in [0.2, 0.25) is 0 Å². The molecule has 2 heterocycles. The third-order valence-corrected chi connectivity index (χ3v) is 7.19. The van der Waals surface area contributed by atoms with Gasteiger partial charge in [-0.15, -0.1) is 11.3 Å². The molecule has 0 aliphatic heterocycles. The first-order valence-electron chi connectivity index (χ1n) is 11.9. The first-order chi connectivity index (χ1) is 18.0. The zero-order valence-electron chi connectivity index (χ0n) is 21.6. The Morgan fingerprint density at radius 2 is 2.00 bits per heavy atom. The number of hydrogen-bond acceptors (Lipinski definition) is 8. The average Bonchev–Trinajstić information content (AvgIpc) is 3.50. The summed E-state index contributed by atoms with van der Waals surface area (Å²) in [6, 6.07) is 13.1. The fourth-order valence-corrected chi connectivity index (χ4v) is 5.54. The number of nitrogens with zero attached hydrogens (tertiary/aromatic N) is 2. The van der Waals surface area contributed by atoms with Crippen molar-refractivity contribution in [1.82, 2.24) is 9.71 Å². The smallest absolute Gasteiger partial charge is 0.320 e. The molecule has 1 N–H and O–H groups in total. The van der Waals surface area contributed by atoms with E-state index in [0.717, 1.165) is 22.1 Å². The maximum absolute atomic E-state index is 12.2. The minimum Gasteiger partial charge on any atom is -0.489 e. The summed E-state index contributed by atoms with van der Waals surface area (Å²) in [7, 11) is -3.85. The van der Waals surface area contributed by atoms with Gasteiger partial charge in [-0.3, -0.25) is 4.79 Å². The molecule has 38 heavy (non-hydrogen) atoms. The molecule has 4 aromatic rings. The molecule has 11 heteroatoms. The second-order valence-corrected chi connectivity index (χ2v) is 11.7. The zero-order valence-corrected chi connectivity index (χ0v) is 23.2. The molecule has 0 saturated carbocycles. The van der Waals surface area contributed by atoms with Gasteiger partial charge in [0.15, 0.2) is 0 Å². The van der Waals surface area contributed by atoms with Gasteiger partial charge in [0.05, 0.1) is 31.2 Å². The highest BCUT2D eigenvalue weighted by Gasteiger charge is 2.19. The van der Waals surface area contributed by atoms with E-state index in [4.69, 9.17) is 13.9 Å². The predicted octanol–water partition coefficient (Wildman–Crippen LogP) is 5.29. The number of carbonyl (C=O) groups is 1. The van der Waals surface area contributed by atoms with Gasteiger partial charge in [0, 0.05) is 27.4 Å². The van der Waals surface area contributed by atoms with E-state index in [1.165, 1.54) is 17.6 Å². The Bertz CT molecular complexity index is 1560. The van der Waals surface area contributed by atoms with Crippen molar-refractivity contribution in [3.05, 3.63) is 70.2 Å². The number of aromatic nitrogens is 1. The maximum atomic E-state index is 12.2. The van der Waals surface area contributed by atoms with Crippen molar-refractivity contribution in [2.75, 3.05) is 6.61 Å². The number of thiazole rings is 1. The van der Waals surface area contributed by atoms with Gasteiger partial charge in [-0.2, -0.15) is 17.5 Å². The summed E-state index contributed by atoms with van der Waals surface area (Å²) in [5.74, 6) is 0.294. The summed E-state index contributed by atoms with van der Waals surface area (Å²) in [6.07, 6.45) is 2.96. The molecule has 0 aliphatic carbocycles. The van der Waals surface area contributed by atoms with E-state index in [1.54, 1.807) is 34.0 Å². The monoisotopic (exact) mass is 555 g/mol. The number of ether oxygens (including phenoxy) is 2. The van der Waals surface area contributed by atoms with Crippen LogP contribution in [0.5, 0.6) is 5.75 Å². The van der Waals surface area contributed by atoms with Crippen molar-refractivity contribution in [3.63, 3.8) is 0 Å². The van der Waals surface area contributed by atoms with Crippen LogP contribution in [0.3, 0.4) is 0 Å². The van der Waals surface area contributed by atoms with Gasteiger partial charge < -0.3 is 13.9 Å². The number of nitrogens with one attached hydrogen (secondary N) is 1. The predicted molar refractivity (Wildman–Crippen MR) is 148 cm³/mol. The molecule has 0 unspecified atom stereocenters. The number of benzene rings is 2. The molecule has 4 rings (SSSR count). The first kappa shape index (κ1) is 27.5. The minimum atomic E-state index is -3.85. The van der Waals surface area contributed by atoms with E-state index < -0.39 is 15.7 Å². The van der Waals surface area contributed by atoms with Gasteiger partial charge in [0.2, 0.25) is 0 Å². The Hall–Kier alpha value is -3.54. The summed E-state index contributed by atoms with van der Waals surface area (Å²) in [4.78, 5) is 16.5. The van der Waals surface area contributed by atoms with Crippen LogP contribution in [0, 0.1) is 0 Å². The molecule has 0 fully saturated rings. The number of esters is 1. The third-order valence-electron chi connectivity index (χ3n) is 5.15. The molecule has 9 nitrogen and oxygen atoms in total. The van der Waals surface area contributed by atoms with E-state index in [0.29, 0.717) is 28.6 Å². The van der Waals surface area contributed by atoms with Gasteiger partial charge in [0.25, 0.3) is 0 Å². The highest BCUT2D eigenvalue weighted by atomic mass is 32.2. The van der Waals surface area contributed by atoms with Crippen molar-refractivity contribution >= 4 is 44.7 Å². The average molecular weight is 556 g/mol. The quantitative estimate of drug-likeness (QED) is 0.208. The SMILES string of the molecule is CCOC(=O)Cc1ccccc1OCc1cc(-c2csc(C=NS(=O)(=O)NC(C)(C)C)n2)c2occc2c1. The summed E-state index contributed by atoms with van der Waals surface area (Å²) in [5, 5.41) is 3.14. The van der Waals surface area contributed by atoms with Crippen LogP contribution in [0.1, 0.15) is 43.8 Å². The summed E-state index contributed by atoms with van der Waals surface area (Å²) >= 11 is 1.27. The van der Waals surface area contributed by atoms with E-state index >= 15 is 0 Å². The van der Waals surface area contributed by atoms with Crippen molar-refractivity contribution in [2.24, 2.45) is 4.40 Å². The first-order valence-corrected chi connectivity index (χ1v) is 14.3. The number of furan rings is 1. The fraction of sp³-hybridized carbons (Fsp3) is 0.296. The third kappa shape index (κ3) is 7.27. The Labute approximate surface area is 225 Å². The molecule has 0 aliphatic rings. The van der Waals surface area contributed by atoms with Crippen molar-refractivity contribution in [3.8, 4) is 17.0 Å². The Morgan fingerprint density at radius 1 is 1.21 bits per heavy atom.